The molecule has 0 bridgehead atoms. The molecule has 1 heteroatoms. The van der Waals surface area contributed by atoms with Crippen LogP contribution < -0.4 is 4.90 Å². The van der Waals surface area contributed by atoms with Gasteiger partial charge >= 0.3 is 0 Å². The molecule has 0 spiro atoms. The zero-order valence-corrected chi connectivity index (χ0v) is 43.6. The summed E-state index contributed by atoms with van der Waals surface area (Å²) >= 11 is 0. The first-order chi connectivity index (χ1) is 35.2. The van der Waals surface area contributed by atoms with Crippen LogP contribution in [0, 0.1) is 5.92 Å². The van der Waals surface area contributed by atoms with Gasteiger partial charge < -0.3 is 4.90 Å². The number of anilines is 2. The van der Waals surface area contributed by atoms with E-state index in [4.69, 9.17) is 0 Å². The fraction of sp³-hybridized carbons (Fsp3) is 0.194. The van der Waals surface area contributed by atoms with Crippen molar-refractivity contribution >= 4 is 11.4 Å². The molecule has 0 radical (unpaired) electrons. The SMILES string of the molecule is CC(C)(C)c1ccc(-c2ccc(-c3cccc4c3C3C=CC(N(c5ccc(-c6ccc(C(C)(C)C)cc6)cc5)c5ccc6c(c5)C(C)(C)c5ccccc5-6)=CC3C4(c3ccccc3)c3ccccc3)cc2)cc1. The summed E-state index contributed by atoms with van der Waals surface area (Å²) < 4.78 is 0. The molecule has 12 rings (SSSR count). The van der Waals surface area contributed by atoms with E-state index in [-0.39, 0.29) is 28.1 Å². The quantitative estimate of drug-likeness (QED) is 0.147. The van der Waals surface area contributed by atoms with Gasteiger partial charge in [-0.3, -0.25) is 0 Å². The van der Waals surface area contributed by atoms with Crippen LogP contribution in [0.1, 0.15) is 106 Å². The highest BCUT2D eigenvalue weighted by molar-refractivity contribution is 5.85. The third-order valence-corrected chi connectivity index (χ3v) is 16.6. The van der Waals surface area contributed by atoms with Crippen molar-refractivity contribution in [2.24, 2.45) is 5.92 Å². The Kier molecular flexibility index (Phi) is 11.1. The lowest BCUT2D eigenvalue weighted by Gasteiger charge is -2.40. The summed E-state index contributed by atoms with van der Waals surface area (Å²) in [5.74, 6) is 0.154. The molecule has 3 aliphatic rings. The van der Waals surface area contributed by atoms with E-state index >= 15 is 0 Å². The lowest BCUT2D eigenvalue weighted by atomic mass is 9.63. The summed E-state index contributed by atoms with van der Waals surface area (Å²) in [5.41, 5.74) is 23.9. The summed E-state index contributed by atoms with van der Waals surface area (Å²) in [6.07, 6.45) is 7.59. The summed E-state index contributed by atoms with van der Waals surface area (Å²) in [6.45, 7) is 18.4. The molecule has 358 valence electrons. The fourth-order valence-electron chi connectivity index (χ4n) is 12.7. The van der Waals surface area contributed by atoms with Gasteiger partial charge in [0.05, 0.1) is 5.41 Å². The Bertz CT molecular complexity index is 3520. The van der Waals surface area contributed by atoms with Crippen molar-refractivity contribution in [3.05, 3.63) is 287 Å². The summed E-state index contributed by atoms with van der Waals surface area (Å²) in [5, 5.41) is 0. The molecular weight excluding hydrogens is 879 g/mol. The van der Waals surface area contributed by atoms with E-state index in [0.717, 1.165) is 11.4 Å². The van der Waals surface area contributed by atoms with Crippen molar-refractivity contribution in [2.45, 2.75) is 83.0 Å². The average molecular weight is 944 g/mol. The summed E-state index contributed by atoms with van der Waals surface area (Å²) in [7, 11) is 0. The van der Waals surface area contributed by atoms with Crippen LogP contribution in [-0.4, -0.2) is 0 Å². The Labute approximate surface area is 434 Å². The number of benzene rings is 9. The van der Waals surface area contributed by atoms with E-state index in [1.807, 2.05) is 0 Å². The van der Waals surface area contributed by atoms with E-state index in [2.05, 4.69) is 297 Å². The summed E-state index contributed by atoms with van der Waals surface area (Å²) in [4.78, 5) is 2.52. The van der Waals surface area contributed by atoms with Gasteiger partial charge in [0.1, 0.15) is 0 Å². The number of nitrogens with zero attached hydrogens (tertiary/aromatic N) is 1. The normalized spacial score (nSPS) is 17.0. The molecule has 0 amide bonds. The van der Waals surface area contributed by atoms with Crippen molar-refractivity contribution in [1.29, 1.82) is 0 Å². The van der Waals surface area contributed by atoms with Crippen molar-refractivity contribution < 1.29 is 0 Å². The van der Waals surface area contributed by atoms with Gasteiger partial charge in [0, 0.05) is 34.3 Å². The number of allylic oxidation sites excluding steroid dienone is 3. The Balaban J connectivity index is 1.02. The van der Waals surface area contributed by atoms with Crippen LogP contribution in [0.2, 0.25) is 0 Å². The maximum atomic E-state index is 2.63. The Morgan fingerprint density at radius 1 is 0.397 bits per heavy atom. The number of hydrogen-bond acceptors (Lipinski definition) is 1. The minimum atomic E-state index is -0.487. The zero-order valence-electron chi connectivity index (χ0n) is 43.6. The van der Waals surface area contributed by atoms with Gasteiger partial charge in [-0.1, -0.05) is 262 Å². The maximum absolute atomic E-state index is 2.63. The van der Waals surface area contributed by atoms with Gasteiger partial charge in [-0.15, -0.1) is 0 Å². The highest BCUT2D eigenvalue weighted by atomic mass is 15.1. The molecule has 0 fully saturated rings. The van der Waals surface area contributed by atoms with Crippen molar-refractivity contribution in [1.82, 2.24) is 0 Å². The summed E-state index contributed by atoms with van der Waals surface area (Å²) in [6, 6.07) is 82.7. The van der Waals surface area contributed by atoms with Gasteiger partial charge in [0.15, 0.2) is 0 Å². The second kappa shape index (κ2) is 17.5. The predicted molar refractivity (Wildman–Crippen MR) is 309 cm³/mol. The molecule has 0 heterocycles. The zero-order chi connectivity index (χ0) is 50.3. The highest BCUT2D eigenvalue weighted by Crippen LogP contribution is 2.62. The number of fused-ring (bicyclic) bond motifs is 6. The Hall–Kier alpha value is -7.74. The van der Waals surface area contributed by atoms with Crippen LogP contribution in [0.4, 0.5) is 11.4 Å². The fourth-order valence-corrected chi connectivity index (χ4v) is 12.7. The van der Waals surface area contributed by atoms with Crippen LogP contribution in [-0.2, 0) is 21.7 Å². The van der Waals surface area contributed by atoms with Crippen LogP contribution >= 0.6 is 0 Å². The number of rotatable bonds is 8. The standard InChI is InChI=1S/C72H65N/c1-69(2,3)53-36-30-49(31-37-53)48-26-28-52(29-27-48)60-23-17-25-65-68(60)63-45-43-59(47-67(63)72(65,55-18-11-9-12-19-55)56-20-13-10-14-21-56)73(57-40-34-51(35-41-57)50-32-38-54(39-33-50)70(4,5)6)58-42-44-62-61-22-15-16-24-64(61)71(7,8)66(62)46-58/h9-47,63,67H,1-8H3. The van der Waals surface area contributed by atoms with Crippen LogP contribution in [0.25, 0.3) is 44.5 Å². The predicted octanol–water partition coefficient (Wildman–Crippen LogP) is 18.9. The molecule has 1 nitrogen and oxygen atoms in total. The molecule has 0 saturated carbocycles. The number of hydrogen-bond donors (Lipinski definition) is 0. The van der Waals surface area contributed by atoms with Gasteiger partial charge in [0.25, 0.3) is 0 Å². The van der Waals surface area contributed by atoms with Crippen molar-refractivity contribution in [2.75, 3.05) is 4.90 Å². The Morgan fingerprint density at radius 2 is 0.849 bits per heavy atom. The molecule has 3 aliphatic carbocycles. The molecule has 2 atom stereocenters. The van der Waals surface area contributed by atoms with E-state index in [1.54, 1.807) is 0 Å². The van der Waals surface area contributed by atoms with E-state index < -0.39 is 5.41 Å². The third kappa shape index (κ3) is 7.75. The first-order valence-electron chi connectivity index (χ1n) is 26.3. The Morgan fingerprint density at radius 3 is 1.41 bits per heavy atom. The van der Waals surface area contributed by atoms with Gasteiger partial charge in [-0.05, 0) is 130 Å². The van der Waals surface area contributed by atoms with Crippen molar-refractivity contribution in [3.8, 4) is 44.5 Å². The molecule has 0 aromatic heterocycles. The first-order valence-corrected chi connectivity index (χ1v) is 26.3. The van der Waals surface area contributed by atoms with Gasteiger partial charge in [0.2, 0.25) is 0 Å². The van der Waals surface area contributed by atoms with Crippen LogP contribution in [0.3, 0.4) is 0 Å². The largest absolute Gasteiger partial charge is 0.311 e. The van der Waals surface area contributed by atoms with Crippen LogP contribution in [0.5, 0.6) is 0 Å². The smallest absolute Gasteiger partial charge is 0.0526 e. The van der Waals surface area contributed by atoms with E-state index in [1.165, 1.54) is 94.7 Å². The topological polar surface area (TPSA) is 3.24 Å². The average Bonchev–Trinajstić information content (AvgIpc) is 3.86. The van der Waals surface area contributed by atoms with E-state index in [0.29, 0.717) is 0 Å². The lowest BCUT2D eigenvalue weighted by Crippen LogP contribution is -2.36. The first kappa shape index (κ1) is 46.3. The highest BCUT2D eigenvalue weighted by Gasteiger charge is 2.54. The maximum Gasteiger partial charge on any atom is 0.0526 e. The minimum Gasteiger partial charge on any atom is -0.311 e. The minimum absolute atomic E-state index is 0.0484. The molecule has 73 heavy (non-hydrogen) atoms. The lowest BCUT2D eigenvalue weighted by molar-refractivity contribution is 0.454. The third-order valence-electron chi connectivity index (χ3n) is 16.6. The molecular formula is C72H65N. The van der Waals surface area contributed by atoms with E-state index in [9.17, 15) is 0 Å². The van der Waals surface area contributed by atoms with Crippen molar-refractivity contribution in [3.63, 3.8) is 0 Å². The molecule has 2 unspecified atom stereocenters. The second-order valence-corrected chi connectivity index (χ2v) is 23.3. The van der Waals surface area contributed by atoms with Gasteiger partial charge in [-0.25, -0.2) is 0 Å². The molecule has 9 aromatic rings. The monoisotopic (exact) mass is 944 g/mol. The van der Waals surface area contributed by atoms with Gasteiger partial charge in [-0.2, -0.15) is 0 Å². The van der Waals surface area contributed by atoms with Crippen LogP contribution in [0.15, 0.2) is 242 Å². The second-order valence-electron chi connectivity index (χ2n) is 23.3. The molecule has 0 aliphatic heterocycles. The molecule has 0 N–H and O–H groups in total. The molecule has 9 aromatic carbocycles. The molecule has 0 saturated heterocycles.